The van der Waals surface area contributed by atoms with E-state index >= 15 is 0 Å². The average molecular weight is 308 g/mol. The van der Waals surface area contributed by atoms with E-state index < -0.39 is 0 Å². The van der Waals surface area contributed by atoms with Crippen LogP contribution in [0, 0.1) is 6.92 Å². The summed E-state index contributed by atoms with van der Waals surface area (Å²) in [4.78, 5) is 14.1. The first kappa shape index (κ1) is 14.1. The molecule has 3 aromatic rings. The molecule has 4 N–H and O–H groups in total. The summed E-state index contributed by atoms with van der Waals surface area (Å²) < 4.78 is 0. The van der Waals surface area contributed by atoms with E-state index in [1.165, 1.54) is 19.3 Å². The maximum Gasteiger partial charge on any atom is 0.249 e. The predicted molar refractivity (Wildman–Crippen MR) is 93.3 cm³/mol. The summed E-state index contributed by atoms with van der Waals surface area (Å²) in [5.74, 6) is 2.11. The van der Waals surface area contributed by atoms with Crippen molar-refractivity contribution in [3.63, 3.8) is 0 Å². The van der Waals surface area contributed by atoms with Gasteiger partial charge in [-0.2, -0.15) is 0 Å². The van der Waals surface area contributed by atoms with Crippen LogP contribution in [0.15, 0.2) is 30.3 Å². The van der Waals surface area contributed by atoms with Crippen LogP contribution in [0.4, 0.5) is 11.5 Å². The molecule has 118 valence electrons. The van der Waals surface area contributed by atoms with E-state index in [1.807, 2.05) is 31.2 Å². The van der Waals surface area contributed by atoms with E-state index in [0.717, 1.165) is 52.7 Å². The molecule has 2 aromatic heterocycles. The van der Waals surface area contributed by atoms with Crippen molar-refractivity contribution in [3.8, 4) is 11.3 Å². The number of nitrogen functional groups attached to an aromatic ring is 1. The number of aromatic nitrogens is 3. The molecule has 3 heterocycles. The normalized spacial score (nSPS) is 15.3. The Morgan fingerprint density at radius 3 is 2.61 bits per heavy atom. The van der Waals surface area contributed by atoms with Gasteiger partial charge in [0.15, 0.2) is 11.0 Å². The number of fused-ring (bicyclic) bond motifs is 1. The number of rotatable bonds is 2. The van der Waals surface area contributed by atoms with E-state index in [1.54, 1.807) is 0 Å². The fourth-order valence-electron chi connectivity index (χ4n) is 3.33. The molecule has 0 spiro atoms. The number of piperidine rings is 1. The molecule has 1 aromatic carbocycles. The standard InChI is InChI=1S/C18H21N5/c1-12-20-16-11-15(13-5-7-14(19)8-6-13)22-17(16)18(21-12)23-9-3-2-4-10-23/h5-8,11,22H,2-4,9-10,19H2,1H3/p+1. The number of hydrogen-bond acceptors (Lipinski definition) is 3. The van der Waals surface area contributed by atoms with Crippen LogP contribution in [0.1, 0.15) is 25.1 Å². The second-order valence-electron chi connectivity index (χ2n) is 6.28. The second-order valence-corrected chi connectivity index (χ2v) is 6.28. The maximum absolute atomic E-state index is 5.79. The van der Waals surface area contributed by atoms with Gasteiger partial charge < -0.3 is 10.7 Å². The summed E-state index contributed by atoms with van der Waals surface area (Å²) in [7, 11) is 0. The molecular weight excluding hydrogens is 286 g/mol. The molecule has 1 aliphatic heterocycles. The van der Waals surface area contributed by atoms with Crippen LogP contribution < -0.4 is 15.6 Å². The van der Waals surface area contributed by atoms with Crippen molar-refractivity contribution >= 4 is 22.5 Å². The number of H-pyrrole nitrogens is 2. The van der Waals surface area contributed by atoms with E-state index in [4.69, 9.17) is 5.73 Å². The van der Waals surface area contributed by atoms with Gasteiger partial charge in [0.25, 0.3) is 0 Å². The molecular formula is C18H22N5+. The van der Waals surface area contributed by atoms with Crippen molar-refractivity contribution < 1.29 is 4.98 Å². The molecule has 0 bridgehead atoms. The lowest BCUT2D eigenvalue weighted by Gasteiger charge is -2.23. The van der Waals surface area contributed by atoms with Crippen molar-refractivity contribution in [1.29, 1.82) is 0 Å². The molecule has 0 atom stereocenters. The molecule has 0 saturated carbocycles. The summed E-state index contributed by atoms with van der Waals surface area (Å²) in [6.07, 6.45) is 3.83. The van der Waals surface area contributed by atoms with Gasteiger partial charge in [0.2, 0.25) is 11.6 Å². The average Bonchev–Trinajstić information content (AvgIpc) is 2.99. The SMILES string of the molecule is Cc1nc2cc(-c3ccc(N)cc3)[nH]c2c(N2CCCCC2)[nH+]1. The van der Waals surface area contributed by atoms with Gasteiger partial charge in [-0.25, -0.2) is 4.98 Å². The predicted octanol–water partition coefficient (Wildman–Crippen LogP) is 2.92. The van der Waals surface area contributed by atoms with E-state index in [2.05, 4.69) is 25.9 Å². The lowest BCUT2D eigenvalue weighted by Crippen LogP contribution is -2.35. The van der Waals surface area contributed by atoms with Gasteiger partial charge in [0.1, 0.15) is 0 Å². The number of aryl methyl sites for hydroxylation is 1. The van der Waals surface area contributed by atoms with Crippen molar-refractivity contribution in [3.05, 3.63) is 36.2 Å². The minimum Gasteiger partial charge on any atom is -0.399 e. The van der Waals surface area contributed by atoms with Crippen LogP contribution >= 0.6 is 0 Å². The number of anilines is 2. The number of aromatic amines is 2. The van der Waals surface area contributed by atoms with Crippen LogP contribution in [-0.2, 0) is 0 Å². The molecule has 23 heavy (non-hydrogen) atoms. The van der Waals surface area contributed by atoms with Gasteiger partial charge in [-0.3, -0.25) is 4.90 Å². The van der Waals surface area contributed by atoms with E-state index in [-0.39, 0.29) is 0 Å². The Labute approximate surface area is 135 Å². The van der Waals surface area contributed by atoms with E-state index in [9.17, 15) is 0 Å². The highest BCUT2D eigenvalue weighted by Gasteiger charge is 2.23. The Hall–Kier alpha value is -2.56. The van der Waals surface area contributed by atoms with Crippen LogP contribution in [0.3, 0.4) is 0 Å². The van der Waals surface area contributed by atoms with Crippen LogP contribution in [0.25, 0.3) is 22.3 Å². The van der Waals surface area contributed by atoms with E-state index in [0.29, 0.717) is 0 Å². The van der Waals surface area contributed by atoms with Crippen molar-refractivity contribution in [2.45, 2.75) is 26.2 Å². The highest BCUT2D eigenvalue weighted by molar-refractivity contribution is 5.89. The molecule has 0 radical (unpaired) electrons. The Kier molecular flexibility index (Phi) is 3.41. The first-order valence-corrected chi connectivity index (χ1v) is 8.24. The maximum atomic E-state index is 5.79. The lowest BCUT2D eigenvalue weighted by molar-refractivity contribution is -0.377. The summed E-state index contributed by atoms with van der Waals surface area (Å²) in [5, 5.41) is 0. The highest BCUT2D eigenvalue weighted by Crippen LogP contribution is 2.28. The van der Waals surface area contributed by atoms with Gasteiger partial charge in [-0.1, -0.05) is 12.1 Å². The van der Waals surface area contributed by atoms with Gasteiger partial charge in [-0.15, -0.1) is 4.98 Å². The zero-order valence-corrected chi connectivity index (χ0v) is 13.4. The number of hydrogen-bond donors (Lipinski definition) is 2. The Balaban J connectivity index is 1.82. The summed E-state index contributed by atoms with van der Waals surface area (Å²) in [6.45, 7) is 4.22. The molecule has 0 aliphatic carbocycles. The first-order chi connectivity index (χ1) is 11.2. The third-order valence-electron chi connectivity index (χ3n) is 4.52. The summed E-state index contributed by atoms with van der Waals surface area (Å²) >= 11 is 0. The highest BCUT2D eigenvalue weighted by atomic mass is 15.2. The third-order valence-corrected chi connectivity index (χ3v) is 4.52. The number of nitrogens with one attached hydrogen (secondary N) is 2. The number of nitrogens with zero attached hydrogens (tertiary/aromatic N) is 2. The Bertz CT molecular complexity index is 828. The molecule has 5 heteroatoms. The van der Waals surface area contributed by atoms with Gasteiger partial charge in [-0.05, 0) is 37.0 Å². The monoisotopic (exact) mass is 308 g/mol. The molecule has 1 aliphatic rings. The van der Waals surface area contributed by atoms with Gasteiger partial charge in [0.05, 0.1) is 13.1 Å². The second kappa shape index (κ2) is 5.57. The molecule has 1 saturated heterocycles. The molecule has 5 nitrogen and oxygen atoms in total. The topological polar surface area (TPSA) is 72.1 Å². The number of benzene rings is 1. The quantitative estimate of drug-likeness (QED) is 0.715. The zero-order chi connectivity index (χ0) is 15.8. The largest absolute Gasteiger partial charge is 0.399 e. The van der Waals surface area contributed by atoms with Gasteiger partial charge in [0, 0.05) is 24.4 Å². The van der Waals surface area contributed by atoms with Crippen molar-refractivity contribution in [2.75, 3.05) is 23.7 Å². The van der Waals surface area contributed by atoms with Crippen LogP contribution in [0.2, 0.25) is 0 Å². The fourth-order valence-corrected chi connectivity index (χ4v) is 3.33. The Morgan fingerprint density at radius 2 is 1.87 bits per heavy atom. The number of nitrogens with two attached hydrogens (primary N) is 1. The molecule has 0 unspecified atom stereocenters. The third kappa shape index (κ3) is 2.63. The lowest BCUT2D eigenvalue weighted by atomic mass is 10.1. The van der Waals surface area contributed by atoms with Crippen molar-refractivity contribution in [1.82, 2.24) is 9.97 Å². The fraction of sp³-hybridized carbons (Fsp3) is 0.333. The van der Waals surface area contributed by atoms with Crippen LogP contribution in [0.5, 0.6) is 0 Å². The smallest absolute Gasteiger partial charge is 0.249 e. The summed E-state index contributed by atoms with van der Waals surface area (Å²) in [5.41, 5.74) is 10.9. The molecule has 0 amide bonds. The zero-order valence-electron chi connectivity index (χ0n) is 13.4. The molecule has 1 fully saturated rings. The van der Waals surface area contributed by atoms with Gasteiger partial charge >= 0.3 is 0 Å². The molecule has 4 rings (SSSR count). The van der Waals surface area contributed by atoms with Crippen molar-refractivity contribution in [2.24, 2.45) is 0 Å². The summed E-state index contributed by atoms with van der Waals surface area (Å²) in [6, 6.07) is 10.1. The first-order valence-electron chi connectivity index (χ1n) is 8.24. The Morgan fingerprint density at radius 1 is 1.13 bits per heavy atom. The minimum absolute atomic E-state index is 0.779. The van der Waals surface area contributed by atoms with Crippen LogP contribution in [-0.4, -0.2) is 23.1 Å². The minimum atomic E-state index is 0.779.